The third kappa shape index (κ3) is 3.23. The zero-order valence-electron chi connectivity index (χ0n) is 11.8. The third-order valence-corrected chi connectivity index (χ3v) is 3.41. The molecule has 2 aromatic carbocycles. The topological polar surface area (TPSA) is 12.0 Å². The van der Waals surface area contributed by atoms with Crippen LogP contribution in [0.5, 0.6) is 0 Å². The van der Waals surface area contributed by atoms with Crippen molar-refractivity contribution in [1.82, 2.24) is 5.32 Å². The van der Waals surface area contributed by atoms with Crippen molar-refractivity contribution < 1.29 is 8.78 Å². The van der Waals surface area contributed by atoms with Crippen LogP contribution in [0.25, 0.3) is 0 Å². The summed E-state index contributed by atoms with van der Waals surface area (Å²) in [7, 11) is 0. The van der Waals surface area contributed by atoms with E-state index in [9.17, 15) is 8.78 Å². The maximum absolute atomic E-state index is 14.1. The summed E-state index contributed by atoms with van der Waals surface area (Å²) in [5.41, 5.74) is 1.82. The van der Waals surface area contributed by atoms with Crippen molar-refractivity contribution in [3.05, 3.63) is 70.8 Å². The fraction of sp³-hybridized carbons (Fsp3) is 0.294. The van der Waals surface area contributed by atoms with Crippen molar-refractivity contribution in [2.24, 2.45) is 0 Å². The molecule has 2 aromatic rings. The highest BCUT2D eigenvalue weighted by Gasteiger charge is 2.19. The Morgan fingerprint density at radius 1 is 1.00 bits per heavy atom. The van der Waals surface area contributed by atoms with Crippen molar-refractivity contribution in [3.8, 4) is 0 Å². The van der Waals surface area contributed by atoms with Crippen molar-refractivity contribution in [1.29, 1.82) is 0 Å². The van der Waals surface area contributed by atoms with Crippen LogP contribution >= 0.6 is 0 Å². The lowest BCUT2D eigenvalue weighted by molar-refractivity contribution is 0.461. The van der Waals surface area contributed by atoms with E-state index in [4.69, 9.17) is 0 Å². The smallest absolute Gasteiger partial charge is 0.163 e. The van der Waals surface area contributed by atoms with Gasteiger partial charge in [-0.25, -0.2) is 8.78 Å². The molecule has 0 saturated carbocycles. The first-order valence-corrected chi connectivity index (χ1v) is 6.85. The van der Waals surface area contributed by atoms with Gasteiger partial charge in [-0.2, -0.15) is 0 Å². The van der Waals surface area contributed by atoms with Crippen molar-refractivity contribution in [3.63, 3.8) is 0 Å². The van der Waals surface area contributed by atoms with E-state index in [1.165, 1.54) is 0 Å². The summed E-state index contributed by atoms with van der Waals surface area (Å²) in [6.45, 7) is 4.23. The second kappa shape index (κ2) is 6.62. The van der Waals surface area contributed by atoms with Crippen molar-refractivity contribution in [2.75, 3.05) is 6.54 Å². The van der Waals surface area contributed by atoms with Gasteiger partial charge in [0.2, 0.25) is 0 Å². The van der Waals surface area contributed by atoms with Crippen LogP contribution in [-0.4, -0.2) is 6.54 Å². The first-order chi connectivity index (χ1) is 9.63. The minimum atomic E-state index is -0.751. The number of rotatable bonds is 5. The van der Waals surface area contributed by atoms with Gasteiger partial charge >= 0.3 is 0 Å². The van der Waals surface area contributed by atoms with Crippen LogP contribution in [0.3, 0.4) is 0 Å². The van der Waals surface area contributed by atoms with E-state index in [-0.39, 0.29) is 6.04 Å². The molecular formula is C17H19F2N. The number of nitrogens with one attached hydrogen (secondary N) is 1. The van der Waals surface area contributed by atoms with Crippen LogP contribution < -0.4 is 5.32 Å². The molecule has 0 radical (unpaired) electrons. The Hall–Kier alpha value is -1.74. The number of likely N-dealkylation sites (N-methyl/N-ethyl adjacent to an activating group) is 1. The normalized spacial score (nSPS) is 12.4. The van der Waals surface area contributed by atoms with Gasteiger partial charge in [0.15, 0.2) is 11.6 Å². The third-order valence-electron chi connectivity index (χ3n) is 3.41. The van der Waals surface area contributed by atoms with Gasteiger partial charge in [-0.15, -0.1) is 0 Å². The highest BCUT2D eigenvalue weighted by atomic mass is 19.2. The molecule has 1 atom stereocenters. The molecule has 0 fully saturated rings. The Labute approximate surface area is 118 Å². The van der Waals surface area contributed by atoms with Gasteiger partial charge in [-0.3, -0.25) is 0 Å². The lowest BCUT2D eigenvalue weighted by atomic mass is 9.97. The zero-order valence-corrected chi connectivity index (χ0v) is 11.8. The fourth-order valence-corrected chi connectivity index (χ4v) is 2.32. The monoisotopic (exact) mass is 275 g/mol. The molecule has 0 bridgehead atoms. The Morgan fingerprint density at radius 3 is 2.35 bits per heavy atom. The van der Waals surface area contributed by atoms with Crippen LogP contribution in [-0.2, 0) is 6.42 Å². The van der Waals surface area contributed by atoms with E-state index in [1.54, 1.807) is 19.1 Å². The molecule has 0 heterocycles. The second-order valence-corrected chi connectivity index (χ2v) is 4.90. The molecule has 2 rings (SSSR count). The van der Waals surface area contributed by atoms with Crippen LogP contribution in [0.1, 0.15) is 29.7 Å². The lowest BCUT2D eigenvalue weighted by Crippen LogP contribution is -2.24. The van der Waals surface area contributed by atoms with Crippen LogP contribution in [0.2, 0.25) is 0 Å². The molecule has 106 valence electrons. The van der Waals surface area contributed by atoms with E-state index in [1.807, 2.05) is 37.3 Å². The van der Waals surface area contributed by atoms with E-state index < -0.39 is 11.6 Å². The molecule has 1 unspecified atom stereocenters. The van der Waals surface area contributed by atoms with E-state index in [0.717, 1.165) is 5.56 Å². The number of hydrogen-bond acceptors (Lipinski definition) is 1. The molecular weight excluding hydrogens is 256 g/mol. The Morgan fingerprint density at radius 2 is 1.70 bits per heavy atom. The average Bonchev–Trinajstić information content (AvgIpc) is 2.46. The quantitative estimate of drug-likeness (QED) is 0.863. The predicted octanol–water partition coefficient (Wildman–Crippen LogP) is 4.17. The van der Waals surface area contributed by atoms with E-state index >= 15 is 0 Å². The van der Waals surface area contributed by atoms with Gasteiger partial charge in [0.25, 0.3) is 0 Å². The summed E-state index contributed by atoms with van der Waals surface area (Å²) in [4.78, 5) is 0. The van der Waals surface area contributed by atoms with E-state index in [0.29, 0.717) is 24.1 Å². The summed E-state index contributed by atoms with van der Waals surface area (Å²) in [6.07, 6.45) is 0.633. The van der Waals surface area contributed by atoms with Gasteiger partial charge in [0, 0.05) is 11.6 Å². The molecule has 0 spiro atoms. The van der Waals surface area contributed by atoms with Gasteiger partial charge in [-0.05, 0) is 31.0 Å². The summed E-state index contributed by atoms with van der Waals surface area (Å²) in [5.74, 6) is -1.50. The Kier molecular flexibility index (Phi) is 4.85. The molecule has 0 amide bonds. The van der Waals surface area contributed by atoms with Crippen LogP contribution in [0, 0.1) is 18.6 Å². The number of hydrogen-bond donors (Lipinski definition) is 1. The van der Waals surface area contributed by atoms with Crippen LogP contribution in [0.15, 0.2) is 42.5 Å². The minimum Gasteiger partial charge on any atom is -0.310 e. The Balaban J connectivity index is 2.31. The molecule has 0 aliphatic carbocycles. The predicted molar refractivity (Wildman–Crippen MR) is 77.7 cm³/mol. The molecule has 0 aromatic heterocycles. The van der Waals surface area contributed by atoms with Gasteiger partial charge in [-0.1, -0.05) is 49.4 Å². The minimum absolute atomic E-state index is 0.225. The van der Waals surface area contributed by atoms with Gasteiger partial charge in [0.05, 0.1) is 0 Å². The number of aryl methyl sites for hydroxylation is 1. The standard InChI is InChI=1S/C17H19F2N/c1-3-20-15(11-13-7-5-4-6-8-13)14-10-9-12(2)16(18)17(14)19/h4-10,15,20H,3,11H2,1-2H3. The summed E-state index contributed by atoms with van der Waals surface area (Å²) in [5, 5.41) is 3.23. The molecule has 1 nitrogen and oxygen atoms in total. The summed E-state index contributed by atoms with van der Waals surface area (Å²) >= 11 is 0. The van der Waals surface area contributed by atoms with E-state index in [2.05, 4.69) is 5.32 Å². The largest absolute Gasteiger partial charge is 0.310 e. The maximum atomic E-state index is 14.1. The molecule has 20 heavy (non-hydrogen) atoms. The molecule has 0 aliphatic heterocycles. The van der Waals surface area contributed by atoms with Crippen molar-refractivity contribution >= 4 is 0 Å². The highest BCUT2D eigenvalue weighted by Crippen LogP contribution is 2.24. The summed E-state index contributed by atoms with van der Waals surface area (Å²) in [6, 6.07) is 12.9. The van der Waals surface area contributed by atoms with Crippen molar-refractivity contribution in [2.45, 2.75) is 26.3 Å². The molecule has 1 N–H and O–H groups in total. The van der Waals surface area contributed by atoms with Crippen LogP contribution in [0.4, 0.5) is 8.78 Å². The SMILES string of the molecule is CCNC(Cc1ccccc1)c1ccc(C)c(F)c1F. The highest BCUT2D eigenvalue weighted by molar-refractivity contribution is 5.29. The Bertz CT molecular complexity index is 567. The number of halogens is 2. The molecule has 3 heteroatoms. The fourth-order valence-electron chi connectivity index (χ4n) is 2.32. The average molecular weight is 275 g/mol. The first kappa shape index (κ1) is 14.7. The summed E-state index contributed by atoms with van der Waals surface area (Å²) < 4.78 is 27.9. The van der Waals surface area contributed by atoms with Gasteiger partial charge < -0.3 is 5.32 Å². The molecule has 0 aliphatic rings. The first-order valence-electron chi connectivity index (χ1n) is 6.85. The second-order valence-electron chi connectivity index (χ2n) is 4.90. The zero-order chi connectivity index (χ0) is 14.5. The molecule has 0 saturated heterocycles. The van der Waals surface area contributed by atoms with Gasteiger partial charge in [0.1, 0.15) is 0 Å². The number of benzene rings is 2. The lowest BCUT2D eigenvalue weighted by Gasteiger charge is -2.20. The maximum Gasteiger partial charge on any atom is 0.163 e.